The molecule has 4 rings (SSSR count). The fourth-order valence-corrected chi connectivity index (χ4v) is 4.73. The smallest absolute Gasteiger partial charge is 0.0612 e. The molecule has 122 valence electrons. The molecule has 0 amide bonds. The van der Waals surface area contributed by atoms with Gasteiger partial charge in [0.2, 0.25) is 0 Å². The van der Waals surface area contributed by atoms with Crippen LogP contribution >= 0.6 is 0 Å². The highest BCUT2D eigenvalue weighted by atomic mass is 15.3. The van der Waals surface area contributed by atoms with Gasteiger partial charge in [0.05, 0.1) is 11.1 Å². The van der Waals surface area contributed by atoms with Gasteiger partial charge in [-0.05, 0) is 74.2 Å². The quantitative estimate of drug-likeness (QED) is 0.521. The number of aryl methyl sites for hydroxylation is 1. The molecule has 1 aliphatic rings. The van der Waals surface area contributed by atoms with Crippen molar-refractivity contribution < 1.29 is 0 Å². The third-order valence-corrected chi connectivity index (χ3v) is 5.71. The summed E-state index contributed by atoms with van der Waals surface area (Å²) in [6.07, 6.45) is 0. The Balaban J connectivity index is 2.11. The molecule has 0 bridgehead atoms. The fraction of sp³-hybridized carbons (Fsp3) is 0.304. The van der Waals surface area contributed by atoms with Crippen LogP contribution in [-0.2, 0) is 11.1 Å². The summed E-state index contributed by atoms with van der Waals surface area (Å²) in [6.45, 7) is 11.6. The highest BCUT2D eigenvalue weighted by Gasteiger charge is 2.45. The van der Waals surface area contributed by atoms with E-state index in [2.05, 4.69) is 100 Å². The Morgan fingerprint density at radius 3 is 1.96 bits per heavy atom. The first-order valence-electron chi connectivity index (χ1n) is 8.74. The zero-order chi connectivity index (χ0) is 17.1. The zero-order valence-corrected chi connectivity index (χ0v) is 15.2. The van der Waals surface area contributed by atoms with E-state index in [1.807, 2.05) is 0 Å². The minimum absolute atomic E-state index is 0.0782. The SMILES string of the molecule is Cc1ccc2c3c(cccc13)C(C)(C)N(c1ccccc1)C2(C)C. The summed E-state index contributed by atoms with van der Waals surface area (Å²) < 4.78 is 0. The van der Waals surface area contributed by atoms with Gasteiger partial charge in [0, 0.05) is 5.69 Å². The Kier molecular flexibility index (Phi) is 3.09. The van der Waals surface area contributed by atoms with E-state index in [-0.39, 0.29) is 11.1 Å². The third-order valence-electron chi connectivity index (χ3n) is 5.71. The van der Waals surface area contributed by atoms with Crippen molar-refractivity contribution in [2.24, 2.45) is 0 Å². The maximum Gasteiger partial charge on any atom is 0.0612 e. The monoisotopic (exact) mass is 315 g/mol. The van der Waals surface area contributed by atoms with Crippen LogP contribution in [0.2, 0.25) is 0 Å². The zero-order valence-electron chi connectivity index (χ0n) is 15.2. The fourth-order valence-electron chi connectivity index (χ4n) is 4.73. The number of hydrogen-bond donors (Lipinski definition) is 0. The van der Waals surface area contributed by atoms with E-state index in [0.29, 0.717) is 0 Å². The lowest BCUT2D eigenvalue weighted by molar-refractivity contribution is 0.342. The van der Waals surface area contributed by atoms with Crippen molar-refractivity contribution in [1.29, 1.82) is 0 Å². The van der Waals surface area contributed by atoms with Gasteiger partial charge in [-0.2, -0.15) is 0 Å². The number of hydrogen-bond acceptors (Lipinski definition) is 1. The van der Waals surface area contributed by atoms with E-state index in [1.165, 1.54) is 33.2 Å². The van der Waals surface area contributed by atoms with Gasteiger partial charge in [-0.25, -0.2) is 0 Å². The van der Waals surface area contributed by atoms with Gasteiger partial charge in [0.25, 0.3) is 0 Å². The predicted molar refractivity (Wildman–Crippen MR) is 104 cm³/mol. The van der Waals surface area contributed by atoms with Crippen LogP contribution in [0, 0.1) is 6.92 Å². The van der Waals surface area contributed by atoms with E-state index >= 15 is 0 Å². The van der Waals surface area contributed by atoms with Crippen LogP contribution < -0.4 is 4.90 Å². The molecule has 0 spiro atoms. The van der Waals surface area contributed by atoms with Crippen molar-refractivity contribution in [2.75, 3.05) is 4.90 Å². The number of nitrogens with zero attached hydrogens (tertiary/aromatic N) is 1. The molecule has 0 fully saturated rings. The van der Waals surface area contributed by atoms with Gasteiger partial charge < -0.3 is 4.90 Å². The average molecular weight is 315 g/mol. The van der Waals surface area contributed by atoms with Gasteiger partial charge in [-0.15, -0.1) is 0 Å². The molecule has 0 unspecified atom stereocenters. The molecule has 24 heavy (non-hydrogen) atoms. The molecular weight excluding hydrogens is 290 g/mol. The van der Waals surface area contributed by atoms with Crippen LogP contribution in [0.3, 0.4) is 0 Å². The van der Waals surface area contributed by atoms with E-state index in [0.717, 1.165) is 0 Å². The standard InChI is InChI=1S/C23H25N/c1-16-14-15-20-21-18(16)12-9-13-19(21)22(2,3)24(23(20,4)5)17-10-7-6-8-11-17/h6-15H,1-5H3. The summed E-state index contributed by atoms with van der Waals surface area (Å²) >= 11 is 0. The summed E-state index contributed by atoms with van der Waals surface area (Å²) in [5.41, 5.74) is 5.31. The van der Waals surface area contributed by atoms with Gasteiger partial charge in [0.15, 0.2) is 0 Å². The summed E-state index contributed by atoms with van der Waals surface area (Å²) in [4.78, 5) is 2.58. The maximum absolute atomic E-state index is 2.58. The Bertz CT molecular complexity index is 897. The normalized spacial score (nSPS) is 18.0. The molecule has 0 saturated heterocycles. The minimum atomic E-state index is -0.0782. The molecule has 1 nitrogen and oxygen atoms in total. The second-order valence-electron chi connectivity index (χ2n) is 7.95. The Morgan fingerprint density at radius 2 is 1.29 bits per heavy atom. The lowest BCUT2D eigenvalue weighted by atomic mass is 9.73. The molecular formula is C23H25N. The average Bonchev–Trinajstić information content (AvgIpc) is 2.54. The highest BCUT2D eigenvalue weighted by Crippen LogP contribution is 2.51. The molecule has 1 heterocycles. The van der Waals surface area contributed by atoms with Crippen LogP contribution in [0.1, 0.15) is 44.4 Å². The van der Waals surface area contributed by atoms with Crippen molar-refractivity contribution >= 4 is 16.5 Å². The van der Waals surface area contributed by atoms with E-state index < -0.39 is 0 Å². The van der Waals surface area contributed by atoms with E-state index in [9.17, 15) is 0 Å². The molecule has 0 N–H and O–H groups in total. The molecule has 0 aliphatic carbocycles. The van der Waals surface area contributed by atoms with Crippen molar-refractivity contribution in [3.8, 4) is 0 Å². The van der Waals surface area contributed by atoms with Gasteiger partial charge in [0.1, 0.15) is 0 Å². The summed E-state index contributed by atoms with van der Waals surface area (Å²) in [5, 5.41) is 2.83. The van der Waals surface area contributed by atoms with Gasteiger partial charge in [-0.1, -0.05) is 48.5 Å². The van der Waals surface area contributed by atoms with Gasteiger partial charge >= 0.3 is 0 Å². The number of para-hydroxylation sites is 1. The molecule has 0 saturated carbocycles. The summed E-state index contributed by atoms with van der Waals surface area (Å²) in [5.74, 6) is 0. The predicted octanol–water partition coefficient (Wildman–Crippen LogP) is 6.14. The van der Waals surface area contributed by atoms with E-state index in [1.54, 1.807) is 0 Å². The Labute approximate surface area is 144 Å². The van der Waals surface area contributed by atoms with Crippen molar-refractivity contribution in [3.05, 3.63) is 77.4 Å². The second-order valence-corrected chi connectivity index (χ2v) is 7.95. The third kappa shape index (κ3) is 1.87. The van der Waals surface area contributed by atoms with Gasteiger partial charge in [-0.3, -0.25) is 0 Å². The second kappa shape index (κ2) is 4.86. The van der Waals surface area contributed by atoms with Crippen LogP contribution in [0.15, 0.2) is 60.7 Å². The topological polar surface area (TPSA) is 3.24 Å². The first-order chi connectivity index (χ1) is 11.3. The molecule has 0 radical (unpaired) electrons. The lowest BCUT2D eigenvalue weighted by Gasteiger charge is -2.55. The number of anilines is 1. The Morgan fingerprint density at radius 1 is 0.667 bits per heavy atom. The van der Waals surface area contributed by atoms with Crippen LogP contribution in [-0.4, -0.2) is 0 Å². The van der Waals surface area contributed by atoms with Crippen molar-refractivity contribution in [3.63, 3.8) is 0 Å². The molecule has 0 atom stereocenters. The summed E-state index contributed by atoms with van der Waals surface area (Å²) in [7, 11) is 0. The lowest BCUT2D eigenvalue weighted by Crippen LogP contribution is -2.55. The van der Waals surface area contributed by atoms with Crippen molar-refractivity contribution in [1.82, 2.24) is 0 Å². The molecule has 1 aliphatic heterocycles. The van der Waals surface area contributed by atoms with Crippen LogP contribution in [0.4, 0.5) is 5.69 Å². The number of rotatable bonds is 1. The van der Waals surface area contributed by atoms with E-state index in [4.69, 9.17) is 0 Å². The molecule has 0 aromatic heterocycles. The van der Waals surface area contributed by atoms with Crippen LogP contribution in [0.25, 0.3) is 10.8 Å². The largest absolute Gasteiger partial charge is 0.353 e. The molecule has 3 aromatic carbocycles. The first kappa shape index (κ1) is 15.3. The maximum atomic E-state index is 2.58. The minimum Gasteiger partial charge on any atom is -0.353 e. The highest BCUT2D eigenvalue weighted by molar-refractivity contribution is 5.95. The van der Waals surface area contributed by atoms with Crippen molar-refractivity contribution in [2.45, 2.75) is 45.7 Å². The number of benzene rings is 3. The first-order valence-corrected chi connectivity index (χ1v) is 8.74. The molecule has 3 aromatic rings. The Hall–Kier alpha value is -2.28. The van der Waals surface area contributed by atoms with Crippen LogP contribution in [0.5, 0.6) is 0 Å². The molecule has 1 heteroatoms. The summed E-state index contributed by atoms with van der Waals surface area (Å²) in [6, 6.07) is 22.2.